The van der Waals surface area contributed by atoms with Gasteiger partial charge in [0.15, 0.2) is 6.29 Å². The molecule has 4 rings (SSSR count). The third-order valence-corrected chi connectivity index (χ3v) is 8.63. The maximum absolute atomic E-state index is 13.8. The van der Waals surface area contributed by atoms with E-state index in [1.807, 2.05) is 0 Å². The maximum Gasteiger partial charge on any atom is 0.224 e. The first-order valence-corrected chi connectivity index (χ1v) is 15.7. The van der Waals surface area contributed by atoms with E-state index >= 15 is 0 Å². The number of nitrogens with zero attached hydrogens (tertiary/aromatic N) is 3. The Morgan fingerprint density at radius 2 is 1.29 bits per heavy atom. The van der Waals surface area contributed by atoms with E-state index in [4.69, 9.17) is 19.7 Å². The second-order valence-electron chi connectivity index (χ2n) is 11.8. The van der Waals surface area contributed by atoms with E-state index < -0.39 is 73.2 Å². The highest BCUT2D eigenvalue weighted by atomic mass is 16.7. The smallest absolute Gasteiger partial charge is 0.224 e. The summed E-state index contributed by atoms with van der Waals surface area (Å²) in [6.07, 6.45) is -9.71. The minimum atomic E-state index is -1.71. The van der Waals surface area contributed by atoms with Gasteiger partial charge in [-0.05, 0) is 40.6 Å². The van der Waals surface area contributed by atoms with E-state index in [9.17, 15) is 40.2 Å². The first kappa shape index (κ1) is 37.2. The Morgan fingerprint density at radius 1 is 0.792 bits per heavy atom. The molecule has 0 unspecified atom stereocenters. The number of aliphatic hydroxyl groups is 6. The number of ether oxygens (including phenoxy) is 3. The Kier molecular flexibility index (Phi) is 14.1. The van der Waals surface area contributed by atoms with Gasteiger partial charge in [-0.25, -0.2) is 0 Å². The predicted octanol–water partition coefficient (Wildman–Crippen LogP) is -0.489. The zero-order valence-corrected chi connectivity index (χ0v) is 26.2. The Morgan fingerprint density at radius 3 is 1.77 bits per heavy atom. The van der Waals surface area contributed by atoms with E-state index in [-0.39, 0.29) is 52.3 Å². The van der Waals surface area contributed by atoms with Gasteiger partial charge in [0, 0.05) is 24.5 Å². The molecule has 2 aliphatic rings. The molecule has 1 aliphatic carbocycles. The number of aliphatic hydroxyl groups excluding tert-OH is 6. The van der Waals surface area contributed by atoms with E-state index in [1.54, 1.807) is 48.5 Å². The van der Waals surface area contributed by atoms with Gasteiger partial charge in [0.05, 0.1) is 50.5 Å². The molecule has 2 aromatic rings. The molecule has 0 aromatic heterocycles. The molecule has 48 heavy (non-hydrogen) atoms. The van der Waals surface area contributed by atoms with Crippen LogP contribution < -0.4 is 10.6 Å². The molecule has 1 heterocycles. The van der Waals surface area contributed by atoms with Crippen molar-refractivity contribution in [1.82, 2.24) is 10.6 Å². The molecule has 8 N–H and O–H groups in total. The number of benzene rings is 2. The van der Waals surface area contributed by atoms with Gasteiger partial charge in [0.1, 0.15) is 24.4 Å². The molecule has 0 spiro atoms. The molecule has 1 saturated carbocycles. The van der Waals surface area contributed by atoms with Gasteiger partial charge in [-0.1, -0.05) is 53.6 Å². The number of amides is 2. The molecule has 9 atom stereocenters. The monoisotopic (exact) mass is 673 g/mol. The second-order valence-corrected chi connectivity index (χ2v) is 11.8. The summed E-state index contributed by atoms with van der Waals surface area (Å²) < 4.78 is 17.6. The Bertz CT molecular complexity index is 1370. The van der Waals surface area contributed by atoms with Gasteiger partial charge in [0.2, 0.25) is 11.8 Å². The number of carbonyl (C=O) groups excluding carboxylic acids is 2. The van der Waals surface area contributed by atoms with Gasteiger partial charge in [-0.2, -0.15) is 0 Å². The van der Waals surface area contributed by atoms with Crippen molar-refractivity contribution in [1.29, 1.82) is 0 Å². The molecule has 2 aromatic carbocycles. The molecule has 0 radical (unpaired) electrons. The van der Waals surface area contributed by atoms with Gasteiger partial charge < -0.3 is 55.5 Å². The lowest BCUT2D eigenvalue weighted by molar-refractivity contribution is -0.321. The zero-order chi connectivity index (χ0) is 34.6. The van der Waals surface area contributed by atoms with Gasteiger partial charge >= 0.3 is 0 Å². The molecule has 2 amide bonds. The van der Waals surface area contributed by atoms with Crippen molar-refractivity contribution in [2.45, 2.75) is 82.1 Å². The molecular weight excluding hydrogens is 630 g/mol. The van der Waals surface area contributed by atoms with Crippen LogP contribution >= 0.6 is 0 Å². The van der Waals surface area contributed by atoms with Crippen LogP contribution in [0.3, 0.4) is 0 Å². The number of rotatable bonds is 15. The first-order chi connectivity index (χ1) is 23.2. The van der Waals surface area contributed by atoms with Gasteiger partial charge in [0.25, 0.3) is 0 Å². The fraction of sp³-hybridized carbons (Fsp3) is 0.562. The molecule has 1 saturated heterocycles. The molecule has 16 nitrogen and oxygen atoms in total. The quantitative estimate of drug-likeness (QED) is 0.0518. The van der Waals surface area contributed by atoms with Crippen LogP contribution in [-0.2, 0) is 50.1 Å². The first-order valence-electron chi connectivity index (χ1n) is 15.7. The number of carbonyl (C=O) groups is 2. The van der Waals surface area contributed by atoms with Crippen LogP contribution in [0, 0.1) is 11.8 Å². The van der Waals surface area contributed by atoms with Gasteiger partial charge in [-0.15, -0.1) is 0 Å². The molecule has 1 aliphatic heterocycles. The predicted molar refractivity (Wildman–Crippen MR) is 167 cm³/mol. The second kappa shape index (κ2) is 18.2. The fourth-order valence-electron chi connectivity index (χ4n) is 5.84. The lowest BCUT2D eigenvalue weighted by Crippen LogP contribution is -2.61. The van der Waals surface area contributed by atoms with E-state index in [0.29, 0.717) is 11.1 Å². The van der Waals surface area contributed by atoms with Crippen molar-refractivity contribution < 1.29 is 54.4 Å². The molecule has 16 heteroatoms. The minimum Gasteiger partial charge on any atom is -0.394 e. The average Bonchev–Trinajstić information content (AvgIpc) is 3.12. The number of hydrogen-bond donors (Lipinski definition) is 8. The third-order valence-electron chi connectivity index (χ3n) is 8.63. The number of azide groups is 1. The molecule has 2 fully saturated rings. The van der Waals surface area contributed by atoms with Crippen LogP contribution in [0.2, 0.25) is 0 Å². The summed E-state index contributed by atoms with van der Waals surface area (Å²) in [5, 5.41) is 68.7. The van der Waals surface area contributed by atoms with Gasteiger partial charge in [-0.3, -0.25) is 9.59 Å². The van der Waals surface area contributed by atoms with Crippen LogP contribution in [-0.4, -0.2) is 105 Å². The van der Waals surface area contributed by atoms with Crippen molar-refractivity contribution in [3.05, 3.63) is 81.2 Å². The highest BCUT2D eigenvalue weighted by molar-refractivity contribution is 5.88. The zero-order valence-electron chi connectivity index (χ0n) is 26.2. The largest absolute Gasteiger partial charge is 0.394 e. The maximum atomic E-state index is 13.8. The van der Waals surface area contributed by atoms with Crippen LogP contribution in [0.1, 0.15) is 35.1 Å². The van der Waals surface area contributed by atoms with E-state index in [2.05, 4.69) is 20.7 Å². The topological polar surface area (TPSA) is 256 Å². The van der Waals surface area contributed by atoms with Crippen LogP contribution in [0.4, 0.5) is 0 Å². The standard InChI is InChI=1S/C32H43N5O11/c33-37-36-9-10-46-24-11-22(30(44)34-13-18-1-5-20(15-38)6-2-18)23(31(45)35-14-19-3-7-21(16-39)8-4-19)12-25(24)47-32-29(43)28(42)27(41)26(17-40)48-32/h1-8,22-29,32,38-43H,9-17H2,(H,34,44)(H,35,45)/t22-,23-,24-,25-,26-,27-,28+,29+,32+/m1/s1. The van der Waals surface area contributed by atoms with Crippen molar-refractivity contribution in [2.24, 2.45) is 17.0 Å². The van der Waals surface area contributed by atoms with Crippen molar-refractivity contribution in [2.75, 3.05) is 19.8 Å². The summed E-state index contributed by atoms with van der Waals surface area (Å²) in [6.45, 7) is -0.702. The Labute approximate surface area is 276 Å². The molecule has 0 bridgehead atoms. The van der Waals surface area contributed by atoms with Crippen LogP contribution in [0.5, 0.6) is 0 Å². The summed E-state index contributed by atoms with van der Waals surface area (Å²) in [5.41, 5.74) is 11.7. The minimum absolute atomic E-state index is 0.0169. The van der Waals surface area contributed by atoms with Crippen molar-refractivity contribution in [3.8, 4) is 0 Å². The SMILES string of the molecule is [N-]=[N+]=NCCO[C@@H]1C[C@@H](C(=O)NCc2ccc(CO)cc2)[C@H](C(=O)NCc2ccc(CO)cc2)C[C@H]1O[C@H]1O[C@H](CO)[C@@H](O)[C@H](O)[C@@H]1O. The van der Waals surface area contributed by atoms with Crippen LogP contribution in [0.25, 0.3) is 10.4 Å². The lowest BCUT2D eigenvalue weighted by Gasteiger charge is -2.44. The lowest BCUT2D eigenvalue weighted by atomic mass is 9.75. The fourth-order valence-corrected chi connectivity index (χ4v) is 5.84. The summed E-state index contributed by atoms with van der Waals surface area (Å²) in [4.78, 5) is 30.2. The summed E-state index contributed by atoms with van der Waals surface area (Å²) in [5.74, 6) is -2.74. The normalized spacial score (nSPS) is 28.7. The molecule has 262 valence electrons. The number of hydrogen-bond acceptors (Lipinski definition) is 12. The third kappa shape index (κ3) is 9.70. The van der Waals surface area contributed by atoms with Crippen LogP contribution in [0.15, 0.2) is 53.6 Å². The number of nitrogens with one attached hydrogen (secondary N) is 2. The Balaban J connectivity index is 1.56. The highest BCUT2D eigenvalue weighted by Gasteiger charge is 2.49. The summed E-state index contributed by atoms with van der Waals surface area (Å²) in [6, 6.07) is 14.0. The van der Waals surface area contributed by atoms with Crippen molar-refractivity contribution in [3.63, 3.8) is 0 Å². The average molecular weight is 674 g/mol. The van der Waals surface area contributed by atoms with E-state index in [0.717, 1.165) is 11.1 Å². The van der Waals surface area contributed by atoms with E-state index in [1.165, 1.54) is 0 Å². The highest BCUT2D eigenvalue weighted by Crippen LogP contribution is 2.36. The Hall–Kier alpha value is -3.67. The molecular formula is C32H43N5O11. The van der Waals surface area contributed by atoms with Crippen molar-refractivity contribution >= 4 is 11.8 Å². The summed E-state index contributed by atoms with van der Waals surface area (Å²) >= 11 is 0. The summed E-state index contributed by atoms with van der Waals surface area (Å²) in [7, 11) is 0.